The summed E-state index contributed by atoms with van der Waals surface area (Å²) in [6, 6.07) is 6.53. The van der Waals surface area contributed by atoms with E-state index in [1.807, 2.05) is 44.2 Å². The van der Waals surface area contributed by atoms with Crippen LogP contribution in [0.25, 0.3) is 0 Å². The number of rotatable bonds is 7. The maximum absolute atomic E-state index is 13.7. The van der Waals surface area contributed by atoms with Gasteiger partial charge in [-0.2, -0.15) is 5.10 Å². The van der Waals surface area contributed by atoms with Gasteiger partial charge in [0.15, 0.2) is 0 Å². The van der Waals surface area contributed by atoms with Gasteiger partial charge < -0.3 is 25.8 Å². The van der Waals surface area contributed by atoms with E-state index in [1.165, 1.54) is 16.1 Å². The number of aromatic nitrogens is 3. The van der Waals surface area contributed by atoms with Crippen LogP contribution in [0.3, 0.4) is 0 Å². The van der Waals surface area contributed by atoms with Crippen LogP contribution in [0.15, 0.2) is 43.0 Å². The van der Waals surface area contributed by atoms with Gasteiger partial charge in [0.2, 0.25) is 29.5 Å². The van der Waals surface area contributed by atoms with Crippen molar-refractivity contribution in [2.75, 3.05) is 19.6 Å². The smallest absolute Gasteiger partial charge is 0.245 e. The second-order valence-electron chi connectivity index (χ2n) is 11.6. The molecule has 2 aliphatic heterocycles. The Morgan fingerprint density at radius 2 is 1.81 bits per heavy atom. The number of aryl methyl sites for hydroxylation is 1. The molecule has 232 valence electrons. The molecule has 4 rings (SSSR count). The van der Waals surface area contributed by atoms with Crippen molar-refractivity contribution in [1.82, 2.24) is 40.5 Å². The van der Waals surface area contributed by atoms with Gasteiger partial charge in [-0.25, -0.2) is 4.98 Å². The molecule has 0 aliphatic carbocycles. The molecule has 0 unspecified atom stereocenters. The first kappa shape index (κ1) is 31.6. The van der Waals surface area contributed by atoms with E-state index >= 15 is 0 Å². The lowest BCUT2D eigenvalue weighted by molar-refractivity contribution is -0.142. The lowest BCUT2D eigenvalue weighted by Gasteiger charge is -2.31. The van der Waals surface area contributed by atoms with E-state index in [4.69, 9.17) is 0 Å². The highest BCUT2D eigenvalue weighted by molar-refractivity contribution is 5.95. The highest BCUT2D eigenvalue weighted by atomic mass is 16.2. The number of carbonyl (C=O) groups excluding carboxylic acids is 5. The molecule has 43 heavy (non-hydrogen) atoms. The molecule has 2 saturated heterocycles. The maximum Gasteiger partial charge on any atom is 0.245 e. The van der Waals surface area contributed by atoms with E-state index in [0.717, 1.165) is 5.56 Å². The first-order chi connectivity index (χ1) is 20.6. The van der Waals surface area contributed by atoms with Crippen LogP contribution < -0.4 is 16.0 Å². The van der Waals surface area contributed by atoms with Gasteiger partial charge in [-0.1, -0.05) is 44.2 Å². The van der Waals surface area contributed by atoms with E-state index < -0.39 is 36.0 Å². The Balaban J connectivity index is 1.62. The van der Waals surface area contributed by atoms with E-state index in [9.17, 15) is 24.0 Å². The number of nitrogens with one attached hydrogen (secondary N) is 3. The molecule has 5 amide bonds. The van der Waals surface area contributed by atoms with Crippen molar-refractivity contribution in [2.24, 2.45) is 5.92 Å². The second-order valence-corrected chi connectivity index (χ2v) is 11.6. The summed E-state index contributed by atoms with van der Waals surface area (Å²) >= 11 is 0. The summed E-state index contributed by atoms with van der Waals surface area (Å²) < 4.78 is 1.63. The number of benzene rings is 1. The van der Waals surface area contributed by atoms with Crippen molar-refractivity contribution in [3.8, 4) is 0 Å². The van der Waals surface area contributed by atoms with E-state index in [0.29, 0.717) is 38.8 Å². The minimum absolute atomic E-state index is 0.0616. The first-order valence-electron chi connectivity index (χ1n) is 15.0. The number of fused-ring (bicyclic) bond motifs is 1. The maximum atomic E-state index is 13.7. The Morgan fingerprint density at radius 3 is 2.51 bits per heavy atom. The third kappa shape index (κ3) is 8.62. The molecule has 4 atom stereocenters. The van der Waals surface area contributed by atoms with Crippen LogP contribution in [0.2, 0.25) is 0 Å². The van der Waals surface area contributed by atoms with Crippen LogP contribution in [0.4, 0.5) is 0 Å². The number of hydrogen-bond donors (Lipinski definition) is 3. The normalized spacial score (nSPS) is 24.1. The molecular formula is C30H42N8O5. The summed E-state index contributed by atoms with van der Waals surface area (Å²) in [4.78, 5) is 73.9. The molecule has 0 saturated carbocycles. The minimum atomic E-state index is -0.893. The zero-order chi connectivity index (χ0) is 30.9. The lowest BCUT2D eigenvalue weighted by Crippen LogP contribution is -2.58. The predicted octanol–water partition coefficient (Wildman–Crippen LogP) is 0.265. The average molecular weight is 595 g/mol. The third-order valence-corrected chi connectivity index (χ3v) is 7.88. The van der Waals surface area contributed by atoms with E-state index in [2.05, 4.69) is 26.0 Å². The zero-order valence-electron chi connectivity index (χ0n) is 25.1. The summed E-state index contributed by atoms with van der Waals surface area (Å²) in [5, 5.41) is 12.7. The summed E-state index contributed by atoms with van der Waals surface area (Å²) in [5.74, 6) is -2.15. The first-order valence-corrected chi connectivity index (χ1v) is 15.0. The summed E-state index contributed by atoms with van der Waals surface area (Å²) in [7, 11) is 0. The van der Waals surface area contributed by atoms with Crippen molar-refractivity contribution in [2.45, 2.75) is 83.6 Å². The van der Waals surface area contributed by atoms with Crippen molar-refractivity contribution in [3.63, 3.8) is 0 Å². The molecule has 0 radical (unpaired) electrons. The fourth-order valence-electron chi connectivity index (χ4n) is 5.63. The molecular weight excluding hydrogens is 552 g/mol. The summed E-state index contributed by atoms with van der Waals surface area (Å²) in [6.07, 6.45) is 5.13. The van der Waals surface area contributed by atoms with Crippen LogP contribution in [-0.2, 0) is 36.9 Å². The van der Waals surface area contributed by atoms with Crippen molar-refractivity contribution in [1.29, 1.82) is 0 Å². The Bertz CT molecular complexity index is 1270. The van der Waals surface area contributed by atoms with E-state index in [-0.39, 0.29) is 43.1 Å². The fraction of sp³-hybridized carbons (Fsp3) is 0.567. The van der Waals surface area contributed by atoms with Crippen LogP contribution in [0.1, 0.15) is 52.0 Å². The molecule has 2 aromatic rings. The Morgan fingerprint density at radius 1 is 1.05 bits per heavy atom. The van der Waals surface area contributed by atoms with Gasteiger partial charge in [0.25, 0.3) is 0 Å². The minimum Gasteiger partial charge on any atom is -0.349 e. The largest absolute Gasteiger partial charge is 0.349 e. The van der Waals surface area contributed by atoms with Gasteiger partial charge in [-0.15, -0.1) is 0 Å². The molecule has 13 nitrogen and oxygen atoms in total. The third-order valence-electron chi connectivity index (χ3n) is 7.88. The van der Waals surface area contributed by atoms with Gasteiger partial charge in [-0.05, 0) is 44.1 Å². The van der Waals surface area contributed by atoms with Crippen LogP contribution in [0, 0.1) is 5.92 Å². The van der Waals surface area contributed by atoms with Gasteiger partial charge in [-0.3, -0.25) is 28.7 Å². The van der Waals surface area contributed by atoms with Crippen molar-refractivity contribution < 1.29 is 24.0 Å². The highest BCUT2D eigenvalue weighted by Crippen LogP contribution is 2.20. The zero-order valence-corrected chi connectivity index (χ0v) is 25.1. The number of carbonyl (C=O) groups is 5. The second kappa shape index (κ2) is 14.7. The van der Waals surface area contributed by atoms with Gasteiger partial charge in [0.1, 0.15) is 30.8 Å². The van der Waals surface area contributed by atoms with E-state index in [1.54, 1.807) is 17.9 Å². The van der Waals surface area contributed by atoms with Crippen LogP contribution in [-0.4, -0.2) is 97.9 Å². The Hall–Kier alpha value is -4.29. The predicted molar refractivity (Wildman–Crippen MR) is 157 cm³/mol. The molecule has 1 aromatic carbocycles. The molecule has 3 N–H and O–H groups in total. The quantitative estimate of drug-likeness (QED) is 0.415. The van der Waals surface area contributed by atoms with Crippen molar-refractivity contribution >= 4 is 29.5 Å². The molecule has 2 aliphatic rings. The molecule has 0 spiro atoms. The van der Waals surface area contributed by atoms with Gasteiger partial charge in [0, 0.05) is 26.1 Å². The Kier molecular flexibility index (Phi) is 10.8. The molecule has 0 bridgehead atoms. The number of nitrogens with zero attached hydrogens (tertiary/aromatic N) is 5. The lowest BCUT2D eigenvalue weighted by atomic mass is 10.00. The highest BCUT2D eigenvalue weighted by Gasteiger charge is 2.39. The van der Waals surface area contributed by atoms with Gasteiger partial charge >= 0.3 is 0 Å². The average Bonchev–Trinajstić information content (AvgIpc) is 3.67. The van der Waals surface area contributed by atoms with Gasteiger partial charge in [0.05, 0.1) is 12.6 Å². The van der Waals surface area contributed by atoms with Crippen LogP contribution >= 0.6 is 0 Å². The fourth-order valence-corrected chi connectivity index (χ4v) is 5.63. The monoisotopic (exact) mass is 594 g/mol. The molecule has 1 aromatic heterocycles. The summed E-state index contributed by atoms with van der Waals surface area (Å²) in [6.45, 7) is 5.91. The Labute approximate surface area is 251 Å². The summed E-state index contributed by atoms with van der Waals surface area (Å²) in [5.41, 5.74) is 0.944. The number of amides is 5. The topological polar surface area (TPSA) is 159 Å². The molecule has 2 fully saturated rings. The molecule has 3 heterocycles. The SMILES string of the molecule is CC(C)[C@@H]1NC(=O)[C@H]2CCCN2C(=O)[C@H](C)NC(=O)CN(C(=O)CCCn2cncn2)C[C@H](Cc2ccccc2)NC1=O. The standard InChI is InChI=1S/C30H42N8O5/c1-20(2)27-29(42)34-23(15-22-9-5-4-6-10-22)16-36(26(40)12-8-13-37-19-31-18-32-37)17-25(39)33-21(3)30(43)38-14-7-11-24(38)28(41)35-27/h4-6,9-10,18-21,23-24,27H,7-8,11-17H2,1-3H3,(H,33,39)(H,34,42)(H,35,41)/t21-,23-,24+,27-/m0/s1. The van der Waals surface area contributed by atoms with Crippen LogP contribution in [0.5, 0.6) is 0 Å². The molecule has 13 heteroatoms. The number of hydrogen-bond acceptors (Lipinski definition) is 7. The van der Waals surface area contributed by atoms with Crippen molar-refractivity contribution in [3.05, 3.63) is 48.5 Å².